The van der Waals surface area contributed by atoms with E-state index < -0.39 is 5.91 Å². The fourth-order valence-corrected chi connectivity index (χ4v) is 4.65. The second-order valence-corrected chi connectivity index (χ2v) is 9.31. The van der Waals surface area contributed by atoms with Crippen molar-refractivity contribution in [1.82, 2.24) is 0 Å². The Labute approximate surface area is 193 Å². The monoisotopic (exact) mass is 453 g/mol. The normalized spacial score (nSPS) is 15.3. The summed E-state index contributed by atoms with van der Waals surface area (Å²) in [5.41, 5.74) is 4.49. The summed E-state index contributed by atoms with van der Waals surface area (Å²) in [6, 6.07) is 13.1. The van der Waals surface area contributed by atoms with Crippen LogP contribution in [-0.4, -0.2) is 17.5 Å². The van der Waals surface area contributed by atoms with Crippen LogP contribution in [-0.2, 0) is 4.79 Å². The van der Waals surface area contributed by atoms with Crippen molar-refractivity contribution in [3.05, 3.63) is 69.2 Å². The first kappa shape index (κ1) is 22.9. The Morgan fingerprint density at radius 3 is 2.52 bits per heavy atom. The highest BCUT2D eigenvalue weighted by molar-refractivity contribution is 6.36. The predicted molar refractivity (Wildman–Crippen MR) is 130 cm³/mol. The molecular formula is C25H25Cl2N3O. The zero-order valence-corrected chi connectivity index (χ0v) is 19.8. The topological polar surface area (TPSA) is 56.1 Å². The van der Waals surface area contributed by atoms with Crippen LogP contribution in [0.2, 0.25) is 10.0 Å². The number of halogens is 2. The zero-order valence-electron chi connectivity index (χ0n) is 18.3. The summed E-state index contributed by atoms with van der Waals surface area (Å²) in [6.45, 7) is 10.8. The van der Waals surface area contributed by atoms with Crippen LogP contribution in [0.3, 0.4) is 0 Å². The van der Waals surface area contributed by atoms with Gasteiger partial charge in [-0.25, -0.2) is 0 Å². The van der Waals surface area contributed by atoms with Gasteiger partial charge < -0.3 is 10.2 Å². The third-order valence-electron chi connectivity index (χ3n) is 5.27. The first-order valence-corrected chi connectivity index (χ1v) is 10.8. The molecule has 0 saturated carbocycles. The first-order valence-electron chi connectivity index (χ1n) is 10.0. The molecule has 31 heavy (non-hydrogen) atoms. The second kappa shape index (κ2) is 8.78. The molecule has 160 valence electrons. The standard InChI is InChI=1S/C25H25Cl2N3O/c1-15(2)30-23-9-6-17(11-20(23)16(3)13-25(30,4)5)10-18(14-28)24(31)29-22-8-7-19(26)12-21(22)27/h6-13,15H,1-5H3,(H,29,31)/b18-10-. The van der Waals surface area contributed by atoms with Gasteiger partial charge in [0.25, 0.3) is 5.91 Å². The lowest BCUT2D eigenvalue weighted by atomic mass is 9.87. The predicted octanol–water partition coefficient (Wildman–Crippen LogP) is 6.95. The number of anilines is 2. The van der Waals surface area contributed by atoms with Crippen molar-refractivity contribution in [3.8, 4) is 6.07 Å². The molecule has 1 aliphatic rings. The molecule has 0 unspecified atom stereocenters. The van der Waals surface area contributed by atoms with E-state index in [-0.39, 0.29) is 11.1 Å². The number of fused-ring (bicyclic) bond motifs is 1. The molecule has 0 aliphatic carbocycles. The fourth-order valence-electron chi connectivity index (χ4n) is 4.20. The molecular weight excluding hydrogens is 429 g/mol. The number of amides is 1. The molecule has 2 aromatic carbocycles. The molecule has 2 aromatic rings. The maximum atomic E-state index is 12.7. The quantitative estimate of drug-likeness (QED) is 0.402. The molecule has 0 atom stereocenters. The number of allylic oxidation sites excluding steroid dienone is 1. The number of rotatable bonds is 4. The van der Waals surface area contributed by atoms with Crippen LogP contribution in [0.15, 0.2) is 48.0 Å². The number of hydrogen-bond donors (Lipinski definition) is 1. The van der Waals surface area contributed by atoms with Crippen molar-refractivity contribution < 1.29 is 4.79 Å². The van der Waals surface area contributed by atoms with Gasteiger partial charge in [0.2, 0.25) is 0 Å². The number of carbonyl (C=O) groups excluding carboxylic acids is 1. The maximum absolute atomic E-state index is 12.7. The minimum atomic E-state index is -0.526. The molecule has 1 aliphatic heterocycles. The van der Waals surface area contributed by atoms with Crippen LogP contribution in [0, 0.1) is 11.3 Å². The molecule has 0 aromatic heterocycles. The third kappa shape index (κ3) is 4.79. The van der Waals surface area contributed by atoms with E-state index >= 15 is 0 Å². The van der Waals surface area contributed by atoms with Crippen LogP contribution >= 0.6 is 23.2 Å². The molecule has 0 radical (unpaired) electrons. The number of carbonyl (C=O) groups is 1. The Morgan fingerprint density at radius 2 is 1.90 bits per heavy atom. The summed E-state index contributed by atoms with van der Waals surface area (Å²) in [6.07, 6.45) is 3.84. The van der Waals surface area contributed by atoms with Gasteiger partial charge in [-0.1, -0.05) is 35.3 Å². The second-order valence-electron chi connectivity index (χ2n) is 8.47. The van der Waals surface area contributed by atoms with Gasteiger partial charge in [0.15, 0.2) is 0 Å². The lowest BCUT2D eigenvalue weighted by Gasteiger charge is -2.46. The number of nitriles is 1. The largest absolute Gasteiger partial charge is 0.360 e. The van der Waals surface area contributed by atoms with E-state index in [1.54, 1.807) is 18.2 Å². The van der Waals surface area contributed by atoms with E-state index in [0.717, 1.165) is 16.8 Å². The molecule has 1 amide bonds. The van der Waals surface area contributed by atoms with E-state index in [1.165, 1.54) is 11.6 Å². The van der Waals surface area contributed by atoms with E-state index in [2.05, 4.69) is 57.0 Å². The van der Waals surface area contributed by atoms with Gasteiger partial charge in [0.05, 0.1) is 16.2 Å². The molecule has 6 heteroatoms. The molecule has 0 saturated heterocycles. The molecule has 0 spiro atoms. The summed E-state index contributed by atoms with van der Waals surface area (Å²) in [4.78, 5) is 15.0. The number of benzene rings is 2. The fraction of sp³-hybridized carbons (Fsp3) is 0.280. The number of nitrogens with one attached hydrogen (secondary N) is 1. The van der Waals surface area contributed by atoms with Gasteiger partial charge in [-0.05, 0) is 82.2 Å². The molecule has 3 rings (SSSR count). The summed E-state index contributed by atoms with van der Waals surface area (Å²) >= 11 is 12.0. The van der Waals surface area contributed by atoms with Gasteiger partial charge in [-0.2, -0.15) is 5.26 Å². The highest BCUT2D eigenvalue weighted by Gasteiger charge is 2.32. The van der Waals surface area contributed by atoms with Crippen molar-refractivity contribution in [2.75, 3.05) is 10.2 Å². The van der Waals surface area contributed by atoms with Gasteiger partial charge in [0, 0.05) is 22.3 Å². The van der Waals surface area contributed by atoms with E-state index in [0.29, 0.717) is 21.8 Å². The van der Waals surface area contributed by atoms with Gasteiger partial charge in [-0.3, -0.25) is 4.79 Å². The van der Waals surface area contributed by atoms with Gasteiger partial charge >= 0.3 is 0 Å². The SMILES string of the molecule is CC1=CC(C)(C)N(C(C)C)c2ccc(/C=C(/C#N)C(=O)Nc3ccc(Cl)cc3Cl)cc21. The molecule has 1 N–H and O–H groups in total. The lowest BCUT2D eigenvalue weighted by Crippen LogP contribution is -2.49. The Kier molecular flexibility index (Phi) is 6.50. The van der Waals surface area contributed by atoms with Crippen molar-refractivity contribution >= 4 is 52.1 Å². The summed E-state index contributed by atoms with van der Waals surface area (Å²) in [7, 11) is 0. The summed E-state index contributed by atoms with van der Waals surface area (Å²) in [5, 5.41) is 13.0. The van der Waals surface area contributed by atoms with Gasteiger partial charge in [0.1, 0.15) is 11.6 Å². The van der Waals surface area contributed by atoms with E-state index in [4.69, 9.17) is 23.2 Å². The first-order chi connectivity index (χ1) is 14.5. The van der Waals surface area contributed by atoms with E-state index in [9.17, 15) is 10.1 Å². The van der Waals surface area contributed by atoms with Crippen molar-refractivity contribution in [1.29, 1.82) is 5.26 Å². The average molecular weight is 454 g/mol. The van der Waals surface area contributed by atoms with Crippen molar-refractivity contribution in [2.24, 2.45) is 0 Å². The van der Waals surface area contributed by atoms with Crippen LogP contribution < -0.4 is 10.2 Å². The Morgan fingerprint density at radius 1 is 1.19 bits per heavy atom. The highest BCUT2D eigenvalue weighted by atomic mass is 35.5. The Hall–Kier alpha value is -2.74. The molecule has 0 fully saturated rings. The van der Waals surface area contributed by atoms with Crippen molar-refractivity contribution in [2.45, 2.75) is 46.2 Å². The summed E-state index contributed by atoms with van der Waals surface area (Å²) < 4.78 is 0. The van der Waals surface area contributed by atoms with Crippen LogP contribution in [0.5, 0.6) is 0 Å². The highest BCUT2D eigenvalue weighted by Crippen LogP contribution is 2.40. The van der Waals surface area contributed by atoms with Crippen LogP contribution in [0.25, 0.3) is 11.6 Å². The van der Waals surface area contributed by atoms with Crippen LogP contribution in [0.1, 0.15) is 45.7 Å². The van der Waals surface area contributed by atoms with E-state index in [1.807, 2.05) is 18.2 Å². The summed E-state index contributed by atoms with van der Waals surface area (Å²) in [5.74, 6) is -0.526. The number of hydrogen-bond acceptors (Lipinski definition) is 3. The van der Waals surface area contributed by atoms with Crippen molar-refractivity contribution in [3.63, 3.8) is 0 Å². The zero-order chi connectivity index (χ0) is 22.9. The average Bonchev–Trinajstić information content (AvgIpc) is 2.67. The lowest BCUT2D eigenvalue weighted by molar-refractivity contribution is -0.112. The smallest absolute Gasteiger partial charge is 0.266 e. The molecule has 4 nitrogen and oxygen atoms in total. The minimum Gasteiger partial charge on any atom is -0.360 e. The third-order valence-corrected chi connectivity index (χ3v) is 5.82. The van der Waals surface area contributed by atoms with Gasteiger partial charge in [-0.15, -0.1) is 0 Å². The maximum Gasteiger partial charge on any atom is 0.266 e. The number of nitrogens with zero attached hydrogens (tertiary/aromatic N) is 2. The molecule has 1 heterocycles. The minimum absolute atomic E-state index is 0.00976. The molecule has 0 bridgehead atoms. The van der Waals surface area contributed by atoms with Crippen LogP contribution in [0.4, 0.5) is 11.4 Å². The Balaban J connectivity index is 1.95. The Bertz CT molecular complexity index is 1140.